The van der Waals surface area contributed by atoms with Gasteiger partial charge in [-0.1, -0.05) is 181 Å². The highest BCUT2D eigenvalue weighted by Gasteiger charge is 2.43. The molecular weight excluding hydrogens is 853 g/mol. The van der Waals surface area contributed by atoms with E-state index in [1.54, 1.807) is 0 Å². The molecule has 0 unspecified atom stereocenters. The van der Waals surface area contributed by atoms with E-state index in [2.05, 4.69) is 268 Å². The molecule has 0 spiro atoms. The van der Waals surface area contributed by atoms with Crippen LogP contribution in [-0.2, 0) is 27.1 Å². The van der Waals surface area contributed by atoms with Gasteiger partial charge in [-0.05, 0) is 116 Å². The fourth-order valence-electron chi connectivity index (χ4n) is 10.2. The van der Waals surface area contributed by atoms with Crippen LogP contribution in [0.4, 0.5) is 11.4 Å². The lowest BCUT2D eigenvalue weighted by Gasteiger charge is -2.35. The smallest absolute Gasteiger partial charge is 0.137 e. The third kappa shape index (κ3) is 9.79. The van der Waals surface area contributed by atoms with E-state index in [9.17, 15) is 0 Å². The molecule has 2 aromatic heterocycles. The second-order valence-corrected chi connectivity index (χ2v) is 26.9. The lowest BCUT2D eigenvalue weighted by molar-refractivity contribution is 0.444. The Morgan fingerprint density at radius 3 is 1.46 bits per heavy atom. The van der Waals surface area contributed by atoms with Gasteiger partial charge in [0.05, 0.1) is 17.7 Å². The number of anilines is 2. The summed E-state index contributed by atoms with van der Waals surface area (Å²) < 4.78 is 9.57. The predicted molar refractivity (Wildman–Crippen MR) is 301 cm³/mol. The van der Waals surface area contributed by atoms with E-state index in [0.29, 0.717) is 6.67 Å². The maximum Gasteiger partial charge on any atom is 0.137 e. The quantitative estimate of drug-likeness (QED) is 0.159. The molecule has 368 valence electrons. The van der Waals surface area contributed by atoms with Gasteiger partial charge in [-0.2, -0.15) is 0 Å². The molecule has 5 aromatic carbocycles. The van der Waals surface area contributed by atoms with Crippen molar-refractivity contribution in [2.45, 2.75) is 166 Å². The van der Waals surface area contributed by atoms with Crippen LogP contribution in [0.15, 0.2) is 133 Å². The fourth-order valence-corrected chi connectivity index (χ4v) is 10.2. The number of aromatic nitrogens is 2. The van der Waals surface area contributed by atoms with Crippen LogP contribution in [0.1, 0.15) is 172 Å². The van der Waals surface area contributed by atoms with Crippen molar-refractivity contribution >= 4 is 33.2 Å². The van der Waals surface area contributed by atoms with Crippen molar-refractivity contribution in [1.29, 1.82) is 0 Å². The Hall–Kier alpha value is -5.81. The van der Waals surface area contributed by atoms with Crippen LogP contribution in [0.5, 0.6) is 11.5 Å². The minimum absolute atomic E-state index is 0.000206. The average molecular weight is 935 g/mol. The molecule has 0 saturated carbocycles. The molecule has 1 aliphatic heterocycles. The number of pyridine rings is 1. The Kier molecular flexibility index (Phi) is 12.4. The maximum atomic E-state index is 7.24. The number of rotatable bonds is 7. The highest BCUT2D eigenvalue weighted by molar-refractivity contribution is 6.09. The zero-order valence-electron chi connectivity index (χ0n) is 46.5. The van der Waals surface area contributed by atoms with Gasteiger partial charge in [0.1, 0.15) is 17.3 Å². The molecule has 8 rings (SSSR count). The van der Waals surface area contributed by atoms with Crippen molar-refractivity contribution in [2.24, 2.45) is 10.8 Å². The zero-order valence-corrected chi connectivity index (χ0v) is 46.5. The number of hydrogen-bond acceptors (Lipinski definition) is 4. The molecule has 0 atom stereocenters. The van der Waals surface area contributed by atoms with Gasteiger partial charge in [0.2, 0.25) is 0 Å². The molecule has 0 radical (unpaired) electrons. The van der Waals surface area contributed by atoms with Crippen molar-refractivity contribution < 1.29 is 4.74 Å². The third-order valence-corrected chi connectivity index (χ3v) is 14.5. The monoisotopic (exact) mass is 935 g/mol. The Labute approximate surface area is 422 Å². The van der Waals surface area contributed by atoms with Crippen LogP contribution >= 0.6 is 0 Å². The summed E-state index contributed by atoms with van der Waals surface area (Å²) in [6.45, 7) is 47.2. The molecule has 5 nitrogen and oxygen atoms in total. The van der Waals surface area contributed by atoms with Gasteiger partial charge in [-0.3, -0.25) is 4.57 Å². The van der Waals surface area contributed by atoms with Crippen LogP contribution in [0.25, 0.3) is 27.6 Å². The zero-order chi connectivity index (χ0) is 51.3. The van der Waals surface area contributed by atoms with E-state index in [-0.39, 0.29) is 37.9 Å². The fraction of sp³-hybridized carbons (Fsp3) is 0.431. The van der Waals surface area contributed by atoms with Crippen molar-refractivity contribution in [3.63, 3.8) is 0 Å². The topological polar surface area (TPSA) is 33.5 Å². The first-order chi connectivity index (χ1) is 32.2. The van der Waals surface area contributed by atoms with E-state index in [4.69, 9.17) is 9.72 Å². The van der Waals surface area contributed by atoms with Gasteiger partial charge < -0.3 is 14.5 Å². The summed E-state index contributed by atoms with van der Waals surface area (Å²) >= 11 is 0. The third-order valence-electron chi connectivity index (χ3n) is 14.5. The molecule has 0 fully saturated rings. The van der Waals surface area contributed by atoms with Gasteiger partial charge >= 0.3 is 0 Å². The summed E-state index contributed by atoms with van der Waals surface area (Å²) in [6.07, 6.45) is 1.95. The van der Waals surface area contributed by atoms with Gasteiger partial charge in [-0.25, -0.2) is 4.98 Å². The van der Waals surface area contributed by atoms with Crippen molar-refractivity contribution in [3.8, 4) is 17.3 Å². The number of nitrogens with zero attached hydrogens (tertiary/aromatic N) is 4. The highest BCUT2D eigenvalue weighted by atomic mass is 16.5. The van der Waals surface area contributed by atoms with Crippen molar-refractivity contribution in [2.75, 3.05) is 16.5 Å². The molecule has 1 aliphatic rings. The van der Waals surface area contributed by atoms with Crippen LogP contribution in [-0.4, -0.2) is 16.2 Å². The lowest BCUT2D eigenvalue weighted by atomic mass is 9.77. The normalized spacial score (nSPS) is 14.7. The van der Waals surface area contributed by atoms with E-state index in [1.165, 1.54) is 61.2 Å². The number of allylic oxidation sites excluding steroid dienone is 2. The molecule has 0 bridgehead atoms. The Morgan fingerprint density at radius 2 is 0.914 bits per heavy atom. The molecule has 0 aliphatic carbocycles. The summed E-state index contributed by atoms with van der Waals surface area (Å²) in [5.41, 5.74) is 14.1. The highest BCUT2D eigenvalue weighted by Crippen LogP contribution is 2.50. The minimum atomic E-state index is -0.333. The van der Waals surface area contributed by atoms with Crippen molar-refractivity contribution in [3.05, 3.63) is 166 Å². The molecule has 0 saturated heterocycles. The van der Waals surface area contributed by atoms with Crippen molar-refractivity contribution in [1.82, 2.24) is 9.55 Å². The number of hydrogen-bond donors (Lipinski definition) is 0. The predicted octanol–water partition coefficient (Wildman–Crippen LogP) is 18.1. The number of ether oxygens (including phenoxy) is 1. The summed E-state index contributed by atoms with van der Waals surface area (Å²) in [7, 11) is 0. The van der Waals surface area contributed by atoms with E-state index in [1.807, 2.05) is 6.20 Å². The van der Waals surface area contributed by atoms with Gasteiger partial charge in [0.25, 0.3) is 0 Å². The van der Waals surface area contributed by atoms with Gasteiger partial charge in [-0.15, -0.1) is 0 Å². The summed E-state index contributed by atoms with van der Waals surface area (Å²) in [5, 5.41) is 2.39. The lowest BCUT2D eigenvalue weighted by Crippen LogP contribution is -2.32. The number of benzene rings is 5. The first kappa shape index (κ1) is 50.6. The second-order valence-electron chi connectivity index (χ2n) is 26.9. The Morgan fingerprint density at radius 1 is 0.386 bits per heavy atom. The standard InChI is InChI=1S/C65H82N4O/c1-59(2,3)43-26-29-54-53(37-43)52-28-27-50(40-55(52)69(54)56-38-44(30-31-66-56)60(4,5)6)70-51-36-47(65(19,20)42-24-22-21-23-25-42)35-49(39-51)68-41-67(57(63(13,14)15)58(68)64(16,17)18)48-33-45(61(7,8)9)32-46(34-48)62(10,11)12/h21-40H,41H2,1-20H3. The van der Waals surface area contributed by atoms with E-state index in [0.717, 1.165) is 34.0 Å². The Bertz CT molecular complexity index is 3090. The SMILES string of the molecule is CC(C)(C)C1=C(C(C)(C)C)N(c2cc(Oc3ccc4c5cc(C(C)(C)C)ccc5n(-c5cc(C(C)(C)C)ccn5)c4c3)cc(C(C)(C)c3ccccc3)c2)CN1c1cc(C(C)(C)C)cc(C(C)(C)C)c1. The molecule has 0 amide bonds. The molecule has 5 heteroatoms. The van der Waals surface area contributed by atoms with Crippen LogP contribution in [0, 0.1) is 10.8 Å². The molecular formula is C65H82N4O. The largest absolute Gasteiger partial charge is 0.457 e. The summed E-state index contributed by atoms with van der Waals surface area (Å²) in [4.78, 5) is 10.2. The van der Waals surface area contributed by atoms with Crippen LogP contribution in [0.2, 0.25) is 0 Å². The van der Waals surface area contributed by atoms with E-state index >= 15 is 0 Å². The van der Waals surface area contributed by atoms with Gasteiger partial charge in [0.15, 0.2) is 0 Å². The Balaban J connectivity index is 1.34. The second kappa shape index (κ2) is 17.2. The van der Waals surface area contributed by atoms with E-state index < -0.39 is 0 Å². The molecule has 0 N–H and O–H groups in total. The van der Waals surface area contributed by atoms with Crippen LogP contribution in [0.3, 0.4) is 0 Å². The molecule has 7 aromatic rings. The molecule has 3 heterocycles. The van der Waals surface area contributed by atoms with Gasteiger partial charge in [0, 0.05) is 68.1 Å². The minimum Gasteiger partial charge on any atom is -0.457 e. The first-order valence-corrected chi connectivity index (χ1v) is 25.6. The maximum absolute atomic E-state index is 7.24. The number of fused-ring (bicyclic) bond motifs is 3. The summed E-state index contributed by atoms with van der Waals surface area (Å²) in [6, 6.07) is 43.1. The molecule has 70 heavy (non-hydrogen) atoms. The average Bonchev–Trinajstić information content (AvgIpc) is 3.83. The van der Waals surface area contributed by atoms with Crippen LogP contribution < -0.4 is 14.5 Å². The first-order valence-electron chi connectivity index (χ1n) is 25.6. The summed E-state index contributed by atoms with van der Waals surface area (Å²) in [5.74, 6) is 2.48.